The predicted molar refractivity (Wildman–Crippen MR) is 180 cm³/mol. The van der Waals surface area contributed by atoms with Gasteiger partial charge in [0.25, 0.3) is 0 Å². The summed E-state index contributed by atoms with van der Waals surface area (Å²) in [5, 5.41) is 9.63. The number of halogens is 2. The summed E-state index contributed by atoms with van der Waals surface area (Å²) in [6.45, 7) is 4.96. The Bertz CT molecular complexity index is 1950. The van der Waals surface area contributed by atoms with Crippen molar-refractivity contribution in [2.45, 2.75) is 65.3 Å². The highest BCUT2D eigenvalue weighted by molar-refractivity contribution is 5.84. The van der Waals surface area contributed by atoms with Crippen LogP contribution in [0.3, 0.4) is 0 Å². The molecule has 2 saturated heterocycles. The highest BCUT2D eigenvalue weighted by atomic mass is 19.3. The molecule has 0 bridgehead atoms. The van der Waals surface area contributed by atoms with Crippen molar-refractivity contribution in [1.82, 2.24) is 19.8 Å². The van der Waals surface area contributed by atoms with Gasteiger partial charge in [-0.3, -0.25) is 19.6 Å². The zero-order valence-corrected chi connectivity index (χ0v) is 27.1. The van der Waals surface area contributed by atoms with Crippen molar-refractivity contribution in [3.05, 3.63) is 89.2 Å². The number of ether oxygens (including phenoxy) is 1. The van der Waals surface area contributed by atoms with Gasteiger partial charge >= 0.3 is 12.6 Å². The van der Waals surface area contributed by atoms with Crippen LogP contribution in [0.2, 0.25) is 0 Å². The number of hydrogen-bond acceptors (Lipinski definition) is 7. The molecule has 3 aromatic carbocycles. The molecule has 0 amide bonds. The van der Waals surface area contributed by atoms with Crippen LogP contribution in [0.5, 0.6) is 5.75 Å². The normalized spacial score (nSPS) is 17.1. The summed E-state index contributed by atoms with van der Waals surface area (Å²) in [5.41, 5.74) is 9.48. The third-order valence-corrected chi connectivity index (χ3v) is 9.72. The highest BCUT2D eigenvalue weighted by Crippen LogP contribution is 2.38. The lowest BCUT2D eigenvalue weighted by Crippen LogP contribution is -2.35. The number of alkyl halides is 2. The van der Waals surface area contributed by atoms with Crippen LogP contribution in [0.15, 0.2) is 71.3 Å². The summed E-state index contributed by atoms with van der Waals surface area (Å²) in [4.78, 5) is 25.5. The molecular weight excluding hydrogens is 614 g/mol. The van der Waals surface area contributed by atoms with Gasteiger partial charge in [0.15, 0.2) is 5.58 Å². The van der Waals surface area contributed by atoms with Crippen molar-refractivity contribution < 1.29 is 27.8 Å². The molecule has 2 aliphatic heterocycles. The molecule has 0 aliphatic carbocycles. The van der Waals surface area contributed by atoms with E-state index in [1.807, 2.05) is 25.3 Å². The number of hydrogen-bond donors (Lipinski definition) is 1. The van der Waals surface area contributed by atoms with E-state index in [1.54, 1.807) is 11.0 Å². The standard InChI is InChI=1S/C38H38F2N4O4/c1-23-28(25-13-14-27(41-20-25)22-43-15-3-4-16-43)8-5-9-29(23)30-10-6-11-31(24(30)2)36-42-32-18-26(21-44-17-7-12-33(44)37(45)46)34(48-38(39)40)19-35(32)47-36/h5-6,8-11,13-14,18-20,33,38H,3-4,7,12,15-17,21-22H2,1-2H3,(H,45,46)/t33-/m0/s1. The van der Waals surface area contributed by atoms with E-state index in [0.717, 1.165) is 70.7 Å². The van der Waals surface area contributed by atoms with Gasteiger partial charge < -0.3 is 14.3 Å². The number of nitrogens with zero attached hydrogens (tertiary/aromatic N) is 4. The number of carbonyl (C=O) groups is 1. The smallest absolute Gasteiger partial charge is 0.387 e. The first-order chi connectivity index (χ1) is 23.2. The van der Waals surface area contributed by atoms with Crippen LogP contribution < -0.4 is 4.74 Å². The number of pyridine rings is 1. The minimum atomic E-state index is -3.04. The van der Waals surface area contributed by atoms with E-state index in [4.69, 9.17) is 19.1 Å². The van der Waals surface area contributed by atoms with E-state index < -0.39 is 18.6 Å². The van der Waals surface area contributed by atoms with Crippen LogP contribution in [0, 0.1) is 13.8 Å². The monoisotopic (exact) mass is 652 g/mol. The van der Waals surface area contributed by atoms with Crippen molar-refractivity contribution in [3.63, 3.8) is 0 Å². The summed E-state index contributed by atoms with van der Waals surface area (Å²) in [6, 6.07) is 18.9. The lowest BCUT2D eigenvalue weighted by molar-refractivity contribution is -0.142. The molecule has 4 heterocycles. The summed E-state index contributed by atoms with van der Waals surface area (Å²) in [5.74, 6) is -0.611. The number of likely N-dealkylation sites (tertiary alicyclic amines) is 2. The average molecular weight is 653 g/mol. The average Bonchev–Trinajstić information content (AvgIpc) is 3.84. The molecule has 2 aromatic heterocycles. The van der Waals surface area contributed by atoms with Gasteiger partial charge in [-0.1, -0.05) is 36.4 Å². The zero-order valence-electron chi connectivity index (χ0n) is 27.1. The van der Waals surface area contributed by atoms with Gasteiger partial charge in [-0.25, -0.2) is 4.98 Å². The Morgan fingerprint density at radius 1 is 0.938 bits per heavy atom. The number of fused-ring (bicyclic) bond motifs is 1. The minimum absolute atomic E-state index is 0.0484. The summed E-state index contributed by atoms with van der Waals surface area (Å²) >= 11 is 0. The Morgan fingerprint density at radius 2 is 1.65 bits per heavy atom. The van der Waals surface area contributed by atoms with Crippen LogP contribution in [0.1, 0.15) is 48.1 Å². The van der Waals surface area contributed by atoms with Gasteiger partial charge in [-0.05, 0) is 105 Å². The quantitative estimate of drug-likeness (QED) is 0.162. The van der Waals surface area contributed by atoms with Gasteiger partial charge in [0.1, 0.15) is 17.3 Å². The number of rotatable bonds is 10. The van der Waals surface area contributed by atoms with Gasteiger partial charge in [0.2, 0.25) is 5.89 Å². The van der Waals surface area contributed by atoms with Crippen LogP contribution in [0.25, 0.3) is 44.8 Å². The van der Waals surface area contributed by atoms with Crippen molar-refractivity contribution in [2.24, 2.45) is 0 Å². The fraction of sp³-hybridized carbons (Fsp3) is 0.342. The number of benzene rings is 3. The number of oxazole rings is 1. The van der Waals surface area contributed by atoms with E-state index in [9.17, 15) is 18.7 Å². The maximum absolute atomic E-state index is 13.4. The Hall–Kier alpha value is -4.67. The maximum atomic E-state index is 13.4. The molecular formula is C38H38F2N4O4. The van der Waals surface area contributed by atoms with Crippen molar-refractivity contribution >= 4 is 17.1 Å². The van der Waals surface area contributed by atoms with Crippen molar-refractivity contribution in [2.75, 3.05) is 19.6 Å². The Labute approximate surface area is 278 Å². The predicted octanol–water partition coefficient (Wildman–Crippen LogP) is 8.09. The first-order valence-corrected chi connectivity index (χ1v) is 16.5. The fourth-order valence-electron chi connectivity index (χ4n) is 7.20. The molecule has 5 aromatic rings. The minimum Gasteiger partial charge on any atom is -0.480 e. The number of carboxylic acid groups (broad SMARTS) is 1. The van der Waals surface area contributed by atoms with Crippen molar-refractivity contribution in [1.29, 1.82) is 0 Å². The van der Waals surface area contributed by atoms with Gasteiger partial charge in [-0.2, -0.15) is 8.78 Å². The second-order valence-corrected chi connectivity index (χ2v) is 12.8. The molecule has 48 heavy (non-hydrogen) atoms. The van der Waals surface area contributed by atoms with E-state index in [0.29, 0.717) is 35.5 Å². The summed E-state index contributed by atoms with van der Waals surface area (Å²) in [6.07, 6.45) is 5.70. The lowest BCUT2D eigenvalue weighted by atomic mass is 9.90. The third-order valence-electron chi connectivity index (χ3n) is 9.72. The molecule has 248 valence electrons. The number of aliphatic carboxylic acids is 1. The van der Waals surface area contributed by atoms with Crippen LogP contribution in [-0.2, 0) is 17.9 Å². The first-order valence-electron chi connectivity index (χ1n) is 16.5. The Morgan fingerprint density at radius 3 is 2.33 bits per heavy atom. The van der Waals surface area contributed by atoms with Crippen LogP contribution in [-0.4, -0.2) is 63.1 Å². The highest BCUT2D eigenvalue weighted by Gasteiger charge is 2.31. The van der Waals surface area contributed by atoms with E-state index in [2.05, 4.69) is 48.2 Å². The Balaban J connectivity index is 1.20. The van der Waals surface area contributed by atoms with E-state index >= 15 is 0 Å². The topological polar surface area (TPSA) is 91.9 Å². The number of aromatic nitrogens is 2. The SMILES string of the molecule is Cc1c(-c2ccc(CN3CCCC3)nc2)cccc1-c1cccc(-c2nc3cc(CN4CCC[C@H]4C(=O)O)c(OC(F)F)cc3o2)c1C. The van der Waals surface area contributed by atoms with Crippen molar-refractivity contribution in [3.8, 4) is 39.5 Å². The fourth-order valence-corrected chi connectivity index (χ4v) is 7.20. The maximum Gasteiger partial charge on any atom is 0.387 e. The third kappa shape index (κ3) is 6.42. The lowest BCUT2D eigenvalue weighted by Gasteiger charge is -2.22. The second kappa shape index (κ2) is 13.4. The largest absolute Gasteiger partial charge is 0.480 e. The summed E-state index contributed by atoms with van der Waals surface area (Å²) < 4.78 is 37.9. The zero-order chi connectivity index (χ0) is 33.4. The second-order valence-electron chi connectivity index (χ2n) is 12.8. The van der Waals surface area contributed by atoms with Crippen LogP contribution >= 0.6 is 0 Å². The van der Waals surface area contributed by atoms with Gasteiger partial charge in [0.05, 0.1) is 5.69 Å². The van der Waals surface area contributed by atoms with E-state index in [1.165, 1.54) is 18.9 Å². The number of carboxylic acids is 1. The molecule has 2 aliphatic rings. The molecule has 7 rings (SSSR count). The van der Waals surface area contributed by atoms with E-state index in [-0.39, 0.29) is 12.3 Å². The molecule has 10 heteroatoms. The summed E-state index contributed by atoms with van der Waals surface area (Å²) in [7, 11) is 0. The van der Waals surface area contributed by atoms with Gasteiger partial charge in [-0.15, -0.1) is 0 Å². The first kappa shape index (κ1) is 31.9. The molecule has 0 saturated carbocycles. The molecule has 0 radical (unpaired) electrons. The molecule has 8 nitrogen and oxygen atoms in total. The Kier molecular flexibility index (Phi) is 8.94. The molecule has 1 atom stereocenters. The molecule has 0 spiro atoms. The van der Waals surface area contributed by atoms with Gasteiger partial charge in [0, 0.05) is 42.0 Å². The molecule has 2 fully saturated rings. The molecule has 1 N–H and O–H groups in total. The van der Waals surface area contributed by atoms with Crippen LogP contribution in [0.4, 0.5) is 8.78 Å². The molecule has 0 unspecified atom stereocenters.